The van der Waals surface area contributed by atoms with Gasteiger partial charge in [-0.2, -0.15) is 0 Å². The molecule has 7 nitrogen and oxygen atoms in total. The van der Waals surface area contributed by atoms with Crippen LogP contribution in [0.15, 0.2) is 182 Å². The largest absolute Gasteiger partial charge is 0.458 e. The molecule has 0 fully saturated rings. The monoisotopic (exact) mass is 802 g/mol. The third-order valence-corrected chi connectivity index (χ3v) is 12.3. The lowest BCUT2D eigenvalue weighted by Gasteiger charge is -2.20. The van der Waals surface area contributed by atoms with Gasteiger partial charge in [-0.3, -0.25) is 4.57 Å². The Morgan fingerprint density at radius 1 is 0.532 bits per heavy atom. The van der Waals surface area contributed by atoms with E-state index in [1.165, 1.54) is 27.1 Å². The van der Waals surface area contributed by atoms with Gasteiger partial charge in [0.25, 0.3) is 0 Å². The van der Waals surface area contributed by atoms with Gasteiger partial charge in [-0.25, -0.2) is 4.98 Å². The average molecular weight is 803 g/mol. The number of nitrogens with zero attached hydrogens (tertiary/aromatic N) is 6. The van der Waals surface area contributed by atoms with Crippen molar-refractivity contribution in [2.24, 2.45) is 7.05 Å². The number of benzene rings is 7. The molecule has 0 atom stereocenters. The minimum atomic E-state index is -0.102. The summed E-state index contributed by atoms with van der Waals surface area (Å²) < 4.78 is 18.0. The number of aryl methyl sites for hydroxylation is 1. The molecule has 0 saturated carbocycles. The maximum Gasteiger partial charge on any atom is 0.243 e. The van der Waals surface area contributed by atoms with E-state index in [1.807, 2.05) is 46.9 Å². The molecular weight excluding hydrogens is 761 g/mol. The van der Waals surface area contributed by atoms with Crippen LogP contribution in [0.1, 0.15) is 26.3 Å². The van der Waals surface area contributed by atoms with Crippen LogP contribution in [-0.2, 0) is 12.5 Å². The lowest BCUT2D eigenvalue weighted by atomic mass is 9.88. The molecule has 12 rings (SSSR count). The quantitative estimate of drug-likeness (QED) is 0.124. The Balaban J connectivity index is 1.29. The third-order valence-electron chi connectivity index (χ3n) is 12.3. The Hall–Kier alpha value is -7.90. The fourth-order valence-electron chi connectivity index (χ4n) is 9.56. The van der Waals surface area contributed by atoms with Gasteiger partial charge in [0.1, 0.15) is 17.3 Å². The number of imidazole rings is 1. The smallest absolute Gasteiger partial charge is 0.243 e. The van der Waals surface area contributed by atoms with Crippen LogP contribution in [0.4, 0.5) is 0 Å². The van der Waals surface area contributed by atoms with E-state index in [0.29, 0.717) is 0 Å². The lowest BCUT2D eigenvalue weighted by molar-refractivity contribution is -0.599. The van der Waals surface area contributed by atoms with Crippen molar-refractivity contribution in [1.82, 2.24) is 23.3 Å². The molecular formula is C55H42N6O. The Morgan fingerprint density at radius 2 is 1.10 bits per heavy atom. The number of ether oxygens (including phenoxy) is 1. The van der Waals surface area contributed by atoms with Crippen molar-refractivity contribution in [3.8, 4) is 34.4 Å². The van der Waals surface area contributed by atoms with Gasteiger partial charge in [0.15, 0.2) is 0 Å². The van der Waals surface area contributed by atoms with Crippen molar-refractivity contribution < 1.29 is 9.30 Å². The Bertz CT molecular complexity index is 3710. The van der Waals surface area contributed by atoms with Crippen LogP contribution in [0.5, 0.6) is 11.5 Å². The zero-order valence-corrected chi connectivity index (χ0v) is 34.9. The highest BCUT2D eigenvalue weighted by Crippen LogP contribution is 2.50. The summed E-state index contributed by atoms with van der Waals surface area (Å²) in [5, 5.41) is 7.02. The summed E-state index contributed by atoms with van der Waals surface area (Å²) in [5.41, 5.74) is 11.0. The van der Waals surface area contributed by atoms with Gasteiger partial charge in [-0.1, -0.05) is 106 Å². The van der Waals surface area contributed by atoms with E-state index >= 15 is 0 Å². The maximum absolute atomic E-state index is 6.79. The fraction of sp³-hybridized carbons (Fsp3) is 0.0909. The summed E-state index contributed by atoms with van der Waals surface area (Å²) in [5.74, 6) is 2.32. The molecule has 5 heterocycles. The number of hydrogen-bond acceptors (Lipinski definition) is 2. The van der Waals surface area contributed by atoms with Crippen LogP contribution >= 0.6 is 0 Å². The number of fused-ring (bicyclic) bond motifs is 12. The SMILES string of the molecule is Cn1[c-][n+](-c2cccc(Oc3ccc4c5c6c(c7ccccc7n6-c6ccccc6)c6c(c7ccccc7n6-c6ccccc6)c5n(-c5cc(C(C)(C)C)ccn5)c4c3)c2)cc1. The van der Waals surface area contributed by atoms with Crippen molar-refractivity contribution in [1.29, 1.82) is 0 Å². The van der Waals surface area contributed by atoms with Crippen LogP contribution in [0.2, 0.25) is 0 Å². The average Bonchev–Trinajstić information content (AvgIpc) is 4.06. The molecule has 7 aromatic carbocycles. The molecule has 0 aliphatic rings. The Labute approximate surface area is 358 Å². The molecule has 0 amide bonds. The van der Waals surface area contributed by atoms with E-state index < -0.39 is 0 Å². The number of rotatable bonds is 6. The summed E-state index contributed by atoms with van der Waals surface area (Å²) in [4.78, 5) is 5.21. The first-order valence-electron chi connectivity index (χ1n) is 21.1. The number of pyridine rings is 1. The van der Waals surface area contributed by atoms with Gasteiger partial charge in [0.2, 0.25) is 6.33 Å². The van der Waals surface area contributed by atoms with Gasteiger partial charge in [-0.05, 0) is 83.8 Å². The molecule has 7 heteroatoms. The van der Waals surface area contributed by atoms with E-state index in [9.17, 15) is 0 Å². The normalized spacial score (nSPS) is 12.2. The van der Waals surface area contributed by atoms with Gasteiger partial charge in [0, 0.05) is 68.3 Å². The molecule has 62 heavy (non-hydrogen) atoms. The van der Waals surface area contributed by atoms with Crippen LogP contribution < -0.4 is 9.30 Å². The minimum absolute atomic E-state index is 0.102. The first-order chi connectivity index (χ1) is 30.3. The van der Waals surface area contributed by atoms with E-state index in [1.54, 1.807) is 0 Å². The molecule has 0 bridgehead atoms. The summed E-state index contributed by atoms with van der Waals surface area (Å²) in [6.45, 7) is 6.78. The molecule has 298 valence electrons. The van der Waals surface area contributed by atoms with Crippen LogP contribution in [0, 0.1) is 6.33 Å². The van der Waals surface area contributed by atoms with E-state index in [0.717, 1.165) is 78.3 Å². The highest BCUT2D eigenvalue weighted by atomic mass is 16.5. The zero-order valence-electron chi connectivity index (χ0n) is 34.9. The second kappa shape index (κ2) is 13.6. The van der Waals surface area contributed by atoms with Crippen molar-refractivity contribution in [3.05, 3.63) is 194 Å². The third kappa shape index (κ3) is 5.44. The predicted octanol–water partition coefficient (Wildman–Crippen LogP) is 12.9. The van der Waals surface area contributed by atoms with Gasteiger partial charge >= 0.3 is 0 Å². The summed E-state index contributed by atoms with van der Waals surface area (Å²) in [6.07, 6.45) is 9.24. The standard InChI is InChI=1S/C55H42N6O/c1-55(2,3)36-28-29-56-48(32-36)61-47-34-41(62-40-21-15-20-39(33-40)58-31-30-57(4)35-58)26-27-44(47)51-53-49(42-22-11-13-24-45(42)60(53)38-18-9-6-10-19-38)52-50(54(51)61)43-23-12-14-25-46(43)59(52)37-16-7-5-8-17-37/h5-34H,1-4H3. The fourth-order valence-corrected chi connectivity index (χ4v) is 9.56. The Kier molecular flexibility index (Phi) is 7.87. The maximum atomic E-state index is 6.79. The van der Waals surface area contributed by atoms with Crippen molar-refractivity contribution in [2.45, 2.75) is 26.2 Å². The van der Waals surface area contributed by atoms with E-state index in [-0.39, 0.29) is 5.41 Å². The van der Waals surface area contributed by atoms with Crippen LogP contribution in [0.3, 0.4) is 0 Å². The van der Waals surface area contributed by atoms with Crippen molar-refractivity contribution in [3.63, 3.8) is 0 Å². The van der Waals surface area contributed by atoms with Gasteiger partial charge in [-0.15, -0.1) is 0 Å². The molecule has 0 aliphatic heterocycles. The highest BCUT2D eigenvalue weighted by molar-refractivity contribution is 6.40. The molecule has 0 aliphatic carbocycles. The van der Waals surface area contributed by atoms with Gasteiger partial charge < -0.3 is 23.0 Å². The van der Waals surface area contributed by atoms with Crippen molar-refractivity contribution >= 4 is 65.4 Å². The predicted molar refractivity (Wildman–Crippen MR) is 252 cm³/mol. The minimum Gasteiger partial charge on any atom is -0.458 e. The first-order valence-corrected chi connectivity index (χ1v) is 21.1. The highest BCUT2D eigenvalue weighted by Gasteiger charge is 2.29. The van der Waals surface area contributed by atoms with E-state index in [4.69, 9.17) is 9.72 Å². The number of hydrogen-bond donors (Lipinski definition) is 0. The van der Waals surface area contributed by atoms with E-state index in [2.05, 4.69) is 192 Å². The summed E-state index contributed by atoms with van der Waals surface area (Å²) in [7, 11) is 1.97. The summed E-state index contributed by atoms with van der Waals surface area (Å²) >= 11 is 0. The molecule has 0 spiro atoms. The first kappa shape index (κ1) is 36.0. The molecule has 0 saturated heterocycles. The molecule has 0 N–H and O–H groups in total. The zero-order chi connectivity index (χ0) is 41.7. The molecule has 5 aromatic heterocycles. The molecule has 0 radical (unpaired) electrons. The molecule has 0 unspecified atom stereocenters. The van der Waals surface area contributed by atoms with Gasteiger partial charge in [0.05, 0.1) is 45.8 Å². The second-order valence-electron chi connectivity index (χ2n) is 17.2. The second-order valence-corrected chi connectivity index (χ2v) is 17.2. The molecule has 12 aromatic rings. The number of aromatic nitrogens is 6. The Morgan fingerprint density at radius 3 is 1.69 bits per heavy atom. The summed E-state index contributed by atoms with van der Waals surface area (Å²) in [6, 6.07) is 58.4. The number of para-hydroxylation sites is 4. The lowest BCUT2D eigenvalue weighted by Crippen LogP contribution is -2.27. The topological polar surface area (TPSA) is 45.7 Å². The van der Waals surface area contributed by atoms with Crippen LogP contribution in [-0.4, -0.2) is 23.3 Å². The van der Waals surface area contributed by atoms with Crippen molar-refractivity contribution in [2.75, 3.05) is 0 Å². The van der Waals surface area contributed by atoms with Crippen LogP contribution in [0.25, 0.3) is 88.3 Å².